The standard InChI is InChI=1S/C19H19ClN2O3/c1-12-3-6-15(7-4-12)22-10-13(2)21(11-18(22)24)19(25)16-8-5-14(20)9-17(16)23/h3-9,13,23H,10-11H2,1-2H3/t13-/m1/s1. The number of amides is 2. The van der Waals surface area contributed by atoms with Crippen molar-refractivity contribution in [1.82, 2.24) is 4.90 Å². The molecule has 0 aromatic heterocycles. The first-order chi connectivity index (χ1) is 11.9. The Morgan fingerprint density at radius 2 is 1.88 bits per heavy atom. The molecule has 1 saturated heterocycles. The van der Waals surface area contributed by atoms with E-state index >= 15 is 0 Å². The third-order valence-corrected chi connectivity index (χ3v) is 4.62. The van der Waals surface area contributed by atoms with Crippen molar-refractivity contribution in [2.45, 2.75) is 19.9 Å². The second kappa shape index (κ2) is 6.76. The first-order valence-corrected chi connectivity index (χ1v) is 8.41. The fraction of sp³-hybridized carbons (Fsp3) is 0.263. The van der Waals surface area contributed by atoms with E-state index in [9.17, 15) is 14.7 Å². The van der Waals surface area contributed by atoms with E-state index in [0.717, 1.165) is 11.3 Å². The van der Waals surface area contributed by atoms with E-state index in [1.807, 2.05) is 38.1 Å². The molecule has 1 atom stereocenters. The van der Waals surface area contributed by atoms with Gasteiger partial charge in [0.2, 0.25) is 5.91 Å². The minimum absolute atomic E-state index is 0.0318. The average molecular weight is 359 g/mol. The Labute approximate surface area is 151 Å². The van der Waals surface area contributed by atoms with Gasteiger partial charge >= 0.3 is 0 Å². The van der Waals surface area contributed by atoms with Gasteiger partial charge in [0.15, 0.2) is 0 Å². The second-order valence-corrected chi connectivity index (χ2v) is 6.72. The molecular formula is C19H19ClN2O3. The third kappa shape index (κ3) is 3.46. The molecule has 0 radical (unpaired) electrons. The highest BCUT2D eigenvalue weighted by Gasteiger charge is 2.34. The zero-order valence-electron chi connectivity index (χ0n) is 14.1. The number of hydrogen-bond donors (Lipinski definition) is 1. The van der Waals surface area contributed by atoms with Crippen LogP contribution in [0.2, 0.25) is 5.02 Å². The average Bonchev–Trinajstić information content (AvgIpc) is 2.57. The minimum atomic E-state index is -0.376. The Bertz CT molecular complexity index is 820. The molecule has 0 saturated carbocycles. The number of anilines is 1. The van der Waals surface area contributed by atoms with Crippen molar-refractivity contribution >= 4 is 29.1 Å². The highest BCUT2D eigenvalue weighted by atomic mass is 35.5. The lowest BCUT2D eigenvalue weighted by Gasteiger charge is -2.39. The zero-order valence-corrected chi connectivity index (χ0v) is 14.8. The van der Waals surface area contributed by atoms with Crippen LogP contribution in [0.3, 0.4) is 0 Å². The number of aryl methyl sites for hydroxylation is 1. The van der Waals surface area contributed by atoms with Gasteiger partial charge in [-0.3, -0.25) is 9.59 Å². The number of nitrogens with zero attached hydrogens (tertiary/aromatic N) is 2. The highest BCUT2D eigenvalue weighted by molar-refractivity contribution is 6.30. The molecule has 2 aromatic carbocycles. The SMILES string of the molecule is Cc1ccc(N2C[C@@H](C)N(C(=O)c3ccc(Cl)cc3O)CC2=O)cc1. The van der Waals surface area contributed by atoms with Crippen molar-refractivity contribution < 1.29 is 14.7 Å². The lowest BCUT2D eigenvalue weighted by Crippen LogP contribution is -2.57. The minimum Gasteiger partial charge on any atom is -0.507 e. The normalized spacial score (nSPS) is 17.7. The maximum absolute atomic E-state index is 12.7. The van der Waals surface area contributed by atoms with E-state index in [0.29, 0.717) is 11.6 Å². The molecule has 0 aliphatic carbocycles. The van der Waals surface area contributed by atoms with Crippen LogP contribution in [0, 0.1) is 6.92 Å². The molecule has 5 nitrogen and oxygen atoms in total. The van der Waals surface area contributed by atoms with Crippen molar-refractivity contribution in [1.29, 1.82) is 0 Å². The molecule has 6 heteroatoms. The van der Waals surface area contributed by atoms with E-state index in [1.54, 1.807) is 11.0 Å². The fourth-order valence-corrected chi connectivity index (χ4v) is 3.10. The Morgan fingerprint density at radius 3 is 2.52 bits per heavy atom. The van der Waals surface area contributed by atoms with Crippen LogP contribution >= 0.6 is 11.6 Å². The van der Waals surface area contributed by atoms with E-state index in [1.165, 1.54) is 17.0 Å². The molecule has 25 heavy (non-hydrogen) atoms. The number of aromatic hydroxyl groups is 1. The van der Waals surface area contributed by atoms with E-state index in [-0.39, 0.29) is 35.7 Å². The van der Waals surface area contributed by atoms with Crippen LogP contribution in [0.25, 0.3) is 0 Å². The van der Waals surface area contributed by atoms with Gasteiger partial charge in [0, 0.05) is 23.3 Å². The number of phenols is 1. The van der Waals surface area contributed by atoms with Crippen molar-refractivity contribution in [3.05, 3.63) is 58.6 Å². The zero-order chi connectivity index (χ0) is 18.1. The maximum atomic E-state index is 12.7. The number of piperazine rings is 1. The summed E-state index contributed by atoms with van der Waals surface area (Å²) in [6, 6.07) is 11.9. The number of carbonyl (C=O) groups is 2. The summed E-state index contributed by atoms with van der Waals surface area (Å²) in [7, 11) is 0. The smallest absolute Gasteiger partial charge is 0.258 e. The summed E-state index contributed by atoms with van der Waals surface area (Å²) in [5.41, 5.74) is 2.09. The molecule has 1 N–H and O–H groups in total. The molecule has 1 fully saturated rings. The second-order valence-electron chi connectivity index (χ2n) is 6.28. The first-order valence-electron chi connectivity index (χ1n) is 8.03. The molecule has 0 spiro atoms. The molecular weight excluding hydrogens is 340 g/mol. The predicted octanol–water partition coefficient (Wildman–Crippen LogP) is 3.23. The van der Waals surface area contributed by atoms with Crippen LogP contribution in [0.4, 0.5) is 5.69 Å². The number of halogens is 1. The third-order valence-electron chi connectivity index (χ3n) is 4.38. The summed E-state index contributed by atoms with van der Waals surface area (Å²) < 4.78 is 0. The van der Waals surface area contributed by atoms with Crippen LogP contribution in [-0.2, 0) is 4.79 Å². The van der Waals surface area contributed by atoms with E-state index in [4.69, 9.17) is 11.6 Å². The van der Waals surface area contributed by atoms with Crippen LogP contribution in [0.1, 0.15) is 22.8 Å². The van der Waals surface area contributed by atoms with Crippen molar-refractivity contribution in [3.63, 3.8) is 0 Å². The predicted molar refractivity (Wildman–Crippen MR) is 97.1 cm³/mol. The molecule has 1 aliphatic heterocycles. The summed E-state index contributed by atoms with van der Waals surface area (Å²) in [4.78, 5) is 28.5. The van der Waals surface area contributed by atoms with Crippen molar-refractivity contribution in [2.24, 2.45) is 0 Å². The highest BCUT2D eigenvalue weighted by Crippen LogP contribution is 2.26. The summed E-state index contributed by atoms with van der Waals surface area (Å²) in [6.45, 7) is 4.25. The van der Waals surface area contributed by atoms with Crippen LogP contribution < -0.4 is 4.90 Å². The Balaban J connectivity index is 1.81. The number of phenolic OH excluding ortho intramolecular Hbond substituents is 1. The monoisotopic (exact) mass is 358 g/mol. The summed E-state index contributed by atoms with van der Waals surface area (Å²) in [5, 5.41) is 10.3. The summed E-state index contributed by atoms with van der Waals surface area (Å²) >= 11 is 5.81. The van der Waals surface area contributed by atoms with Gasteiger partial charge in [-0.25, -0.2) is 0 Å². The van der Waals surface area contributed by atoms with Crippen LogP contribution in [0.15, 0.2) is 42.5 Å². The molecule has 2 aromatic rings. The number of carbonyl (C=O) groups excluding carboxylic acids is 2. The molecule has 0 unspecified atom stereocenters. The Morgan fingerprint density at radius 1 is 1.20 bits per heavy atom. The molecule has 1 aliphatic rings. The van der Waals surface area contributed by atoms with Gasteiger partial charge in [0.25, 0.3) is 5.91 Å². The molecule has 0 bridgehead atoms. The Kier molecular flexibility index (Phi) is 4.68. The van der Waals surface area contributed by atoms with Gasteiger partial charge < -0.3 is 14.9 Å². The molecule has 130 valence electrons. The van der Waals surface area contributed by atoms with Gasteiger partial charge in [-0.1, -0.05) is 29.3 Å². The van der Waals surface area contributed by atoms with Crippen molar-refractivity contribution in [2.75, 3.05) is 18.0 Å². The van der Waals surface area contributed by atoms with Crippen LogP contribution in [0.5, 0.6) is 5.75 Å². The Hall–Kier alpha value is -2.53. The number of hydrogen-bond acceptors (Lipinski definition) is 3. The lowest BCUT2D eigenvalue weighted by molar-refractivity contribution is -0.121. The molecule has 2 amide bonds. The molecule has 1 heterocycles. The first kappa shape index (κ1) is 17.3. The van der Waals surface area contributed by atoms with E-state index in [2.05, 4.69) is 0 Å². The van der Waals surface area contributed by atoms with Gasteiger partial charge in [-0.05, 0) is 44.2 Å². The lowest BCUT2D eigenvalue weighted by atomic mass is 10.1. The number of rotatable bonds is 2. The number of benzene rings is 2. The largest absolute Gasteiger partial charge is 0.507 e. The van der Waals surface area contributed by atoms with Gasteiger partial charge in [0.05, 0.1) is 5.56 Å². The van der Waals surface area contributed by atoms with Crippen molar-refractivity contribution in [3.8, 4) is 5.75 Å². The topological polar surface area (TPSA) is 60.9 Å². The maximum Gasteiger partial charge on any atom is 0.258 e. The van der Waals surface area contributed by atoms with Gasteiger partial charge in [-0.2, -0.15) is 0 Å². The van der Waals surface area contributed by atoms with E-state index < -0.39 is 0 Å². The summed E-state index contributed by atoms with van der Waals surface area (Å²) in [6.07, 6.45) is 0. The van der Waals surface area contributed by atoms with Gasteiger partial charge in [-0.15, -0.1) is 0 Å². The molecule has 3 rings (SSSR count). The fourth-order valence-electron chi connectivity index (χ4n) is 2.94. The quantitative estimate of drug-likeness (QED) is 0.896. The van der Waals surface area contributed by atoms with Crippen LogP contribution in [-0.4, -0.2) is 41.0 Å². The van der Waals surface area contributed by atoms with Gasteiger partial charge in [0.1, 0.15) is 12.3 Å². The summed E-state index contributed by atoms with van der Waals surface area (Å²) in [5.74, 6) is -0.708.